The average Bonchev–Trinajstić information content (AvgIpc) is 2.85. The van der Waals surface area contributed by atoms with Crippen LogP contribution < -0.4 is 11.2 Å². The molecule has 0 radical (unpaired) electrons. The Morgan fingerprint density at radius 1 is 1.64 bits per heavy atom. The molecule has 9 nitrogen and oxygen atoms in total. The first-order chi connectivity index (χ1) is 10.5. The molecule has 0 saturated carbocycles. The highest BCUT2D eigenvalue weighted by Crippen LogP contribution is 2.33. The van der Waals surface area contributed by atoms with Gasteiger partial charge in [0.15, 0.2) is 5.11 Å². The number of aromatic amines is 1. The fraction of sp³-hybridized carbons (Fsp3) is 0.0909. The summed E-state index contributed by atoms with van der Waals surface area (Å²) >= 11 is 5.70. The lowest BCUT2D eigenvalue weighted by atomic mass is 10.2. The van der Waals surface area contributed by atoms with E-state index in [1.54, 1.807) is 19.1 Å². The van der Waals surface area contributed by atoms with E-state index >= 15 is 0 Å². The van der Waals surface area contributed by atoms with Gasteiger partial charge in [0.25, 0.3) is 5.69 Å². The van der Waals surface area contributed by atoms with Crippen molar-refractivity contribution < 1.29 is 4.92 Å². The summed E-state index contributed by atoms with van der Waals surface area (Å²) in [6.45, 7) is 1.75. The molecule has 2 rings (SSSR count). The molecule has 22 heavy (non-hydrogen) atoms. The van der Waals surface area contributed by atoms with Crippen LogP contribution in [0.5, 0.6) is 0 Å². The average molecular weight is 337 g/mol. The summed E-state index contributed by atoms with van der Waals surface area (Å²) in [4.78, 5) is 15.3. The number of aryl methyl sites for hydroxylation is 1. The van der Waals surface area contributed by atoms with Gasteiger partial charge in [-0.3, -0.25) is 20.6 Å². The molecule has 0 aliphatic rings. The number of nitro benzene ring substituents is 1. The number of aromatic nitrogens is 3. The first kappa shape index (κ1) is 15.9. The Labute approximate surface area is 134 Å². The number of rotatable bonds is 5. The van der Waals surface area contributed by atoms with Crippen molar-refractivity contribution >= 4 is 41.0 Å². The zero-order chi connectivity index (χ0) is 16.1. The zero-order valence-corrected chi connectivity index (χ0v) is 12.9. The topological polar surface area (TPSA) is 135 Å². The second-order valence-corrected chi connectivity index (χ2v) is 5.47. The number of nitrogens with one attached hydrogen (secondary N) is 2. The van der Waals surface area contributed by atoms with Crippen LogP contribution in [0.1, 0.15) is 11.4 Å². The van der Waals surface area contributed by atoms with Gasteiger partial charge in [-0.1, -0.05) is 6.07 Å². The maximum absolute atomic E-state index is 11.2. The first-order valence-corrected chi connectivity index (χ1v) is 7.12. The number of thiocarbonyl (C=S) groups is 1. The van der Waals surface area contributed by atoms with Gasteiger partial charge in [-0.2, -0.15) is 5.10 Å². The Kier molecular flexibility index (Phi) is 5.01. The third kappa shape index (κ3) is 4.23. The molecule has 11 heteroatoms. The summed E-state index contributed by atoms with van der Waals surface area (Å²) in [6, 6.07) is 4.68. The van der Waals surface area contributed by atoms with Gasteiger partial charge in [0.05, 0.1) is 16.0 Å². The van der Waals surface area contributed by atoms with Crippen LogP contribution in [-0.2, 0) is 0 Å². The number of hydrazone groups is 1. The van der Waals surface area contributed by atoms with Crippen molar-refractivity contribution in [3.63, 3.8) is 0 Å². The fourth-order valence-electron chi connectivity index (χ4n) is 1.48. The zero-order valence-electron chi connectivity index (χ0n) is 11.3. The van der Waals surface area contributed by atoms with Crippen LogP contribution in [0.15, 0.2) is 33.4 Å². The highest BCUT2D eigenvalue weighted by atomic mass is 32.2. The number of hydrogen-bond acceptors (Lipinski definition) is 7. The largest absolute Gasteiger partial charge is 0.375 e. The SMILES string of the molecule is Cc1nc(Sc2ccc(/C=N\NC(N)=S)cc2[N+](=O)[O-])n[nH]1. The molecule has 1 heterocycles. The number of H-pyrrole nitrogens is 1. The standard InChI is InChI=1S/C11H11N7O2S2/c1-6-14-11(17-15-6)22-9-3-2-7(4-8(9)18(19)20)5-13-16-10(12)21/h2-5H,1H3,(H3,12,16,21)(H,14,15,17)/b13-5-. The number of benzene rings is 1. The predicted molar refractivity (Wildman–Crippen MR) is 85.9 cm³/mol. The molecular formula is C11H11N7O2S2. The van der Waals surface area contributed by atoms with Crippen LogP contribution in [-0.4, -0.2) is 31.4 Å². The highest BCUT2D eigenvalue weighted by molar-refractivity contribution is 7.99. The van der Waals surface area contributed by atoms with Crippen LogP contribution in [0.25, 0.3) is 0 Å². The lowest BCUT2D eigenvalue weighted by Gasteiger charge is -2.01. The Morgan fingerprint density at radius 2 is 2.41 bits per heavy atom. The molecule has 0 amide bonds. The van der Waals surface area contributed by atoms with E-state index in [9.17, 15) is 10.1 Å². The second kappa shape index (κ2) is 6.95. The lowest BCUT2D eigenvalue weighted by molar-refractivity contribution is -0.387. The van der Waals surface area contributed by atoms with Crippen LogP contribution in [0.3, 0.4) is 0 Å². The second-order valence-electron chi connectivity index (χ2n) is 4.02. The maximum Gasteiger partial charge on any atom is 0.283 e. The molecule has 114 valence electrons. The smallest absolute Gasteiger partial charge is 0.283 e. The van der Waals surface area contributed by atoms with Crippen molar-refractivity contribution in [2.75, 3.05) is 0 Å². The monoisotopic (exact) mass is 337 g/mol. The van der Waals surface area contributed by atoms with E-state index in [4.69, 9.17) is 5.73 Å². The molecule has 2 aromatic rings. The number of nitrogens with zero attached hydrogens (tertiary/aromatic N) is 4. The Morgan fingerprint density at radius 3 is 3.00 bits per heavy atom. The molecule has 0 fully saturated rings. The van der Waals surface area contributed by atoms with E-state index in [-0.39, 0.29) is 10.8 Å². The molecule has 0 aliphatic heterocycles. The molecule has 0 saturated heterocycles. The summed E-state index contributed by atoms with van der Waals surface area (Å²) in [5, 5.41) is 22.0. The summed E-state index contributed by atoms with van der Waals surface area (Å²) in [6.07, 6.45) is 1.39. The van der Waals surface area contributed by atoms with Gasteiger partial charge < -0.3 is 5.73 Å². The molecule has 0 spiro atoms. The summed E-state index contributed by atoms with van der Waals surface area (Å²) in [5.41, 5.74) is 8.07. The van der Waals surface area contributed by atoms with Crippen molar-refractivity contribution in [3.05, 3.63) is 39.7 Å². The molecule has 1 aromatic carbocycles. The maximum atomic E-state index is 11.2. The van der Waals surface area contributed by atoms with E-state index in [1.165, 1.54) is 12.3 Å². The van der Waals surface area contributed by atoms with Crippen molar-refractivity contribution in [2.24, 2.45) is 10.8 Å². The van der Waals surface area contributed by atoms with Crippen molar-refractivity contribution in [1.29, 1.82) is 0 Å². The van der Waals surface area contributed by atoms with Gasteiger partial charge in [-0.25, -0.2) is 4.98 Å². The van der Waals surface area contributed by atoms with E-state index in [0.29, 0.717) is 21.4 Å². The van der Waals surface area contributed by atoms with E-state index in [2.05, 4.69) is 37.9 Å². The Hall–Kier alpha value is -2.53. The van der Waals surface area contributed by atoms with Crippen molar-refractivity contribution in [1.82, 2.24) is 20.6 Å². The lowest BCUT2D eigenvalue weighted by Crippen LogP contribution is -2.23. The normalized spacial score (nSPS) is 10.8. The van der Waals surface area contributed by atoms with Gasteiger partial charge in [-0.05, 0) is 37.0 Å². The van der Waals surface area contributed by atoms with E-state index < -0.39 is 4.92 Å². The molecule has 4 N–H and O–H groups in total. The van der Waals surface area contributed by atoms with Gasteiger partial charge in [0.1, 0.15) is 5.82 Å². The van der Waals surface area contributed by atoms with Crippen molar-refractivity contribution in [3.8, 4) is 0 Å². The Bertz CT molecular complexity index is 744. The Balaban J connectivity index is 2.25. The van der Waals surface area contributed by atoms with E-state index in [1.807, 2.05) is 0 Å². The van der Waals surface area contributed by atoms with Crippen LogP contribution >= 0.6 is 24.0 Å². The fourth-order valence-corrected chi connectivity index (χ4v) is 2.38. The quantitative estimate of drug-likeness (QED) is 0.322. The third-order valence-electron chi connectivity index (χ3n) is 2.35. The summed E-state index contributed by atoms with van der Waals surface area (Å²) < 4.78 is 0. The predicted octanol–water partition coefficient (Wildman–Crippen LogP) is 1.34. The van der Waals surface area contributed by atoms with Gasteiger partial charge in [0.2, 0.25) is 5.16 Å². The minimum Gasteiger partial charge on any atom is -0.375 e. The van der Waals surface area contributed by atoms with Gasteiger partial charge >= 0.3 is 0 Å². The number of nitro groups is 1. The summed E-state index contributed by atoms with van der Waals surface area (Å²) in [7, 11) is 0. The highest BCUT2D eigenvalue weighted by Gasteiger charge is 2.17. The van der Waals surface area contributed by atoms with Gasteiger partial charge in [0, 0.05) is 11.6 Å². The molecule has 0 unspecified atom stereocenters. The number of nitrogens with two attached hydrogens (primary N) is 1. The van der Waals surface area contributed by atoms with Crippen LogP contribution in [0, 0.1) is 17.0 Å². The molecule has 0 aliphatic carbocycles. The van der Waals surface area contributed by atoms with Crippen molar-refractivity contribution in [2.45, 2.75) is 17.0 Å². The van der Waals surface area contributed by atoms with E-state index in [0.717, 1.165) is 11.8 Å². The minimum absolute atomic E-state index is 0.0119. The molecule has 1 aromatic heterocycles. The molecule has 0 atom stereocenters. The van der Waals surface area contributed by atoms with Crippen LogP contribution in [0.2, 0.25) is 0 Å². The molecule has 0 bridgehead atoms. The first-order valence-electron chi connectivity index (χ1n) is 5.89. The van der Waals surface area contributed by atoms with Gasteiger partial charge in [-0.15, -0.1) is 5.10 Å². The molecular weight excluding hydrogens is 326 g/mol. The number of hydrogen-bond donors (Lipinski definition) is 3. The summed E-state index contributed by atoms with van der Waals surface area (Å²) in [5.74, 6) is 0.637. The van der Waals surface area contributed by atoms with Crippen LogP contribution in [0.4, 0.5) is 5.69 Å². The minimum atomic E-state index is -0.472. The third-order valence-corrected chi connectivity index (χ3v) is 3.37.